The fourth-order valence-electron chi connectivity index (χ4n) is 3.99. The first-order valence-electron chi connectivity index (χ1n) is 10.7. The maximum absolute atomic E-state index is 13.7. The number of halogens is 1. The summed E-state index contributed by atoms with van der Waals surface area (Å²) in [6.45, 7) is 1.92. The maximum Gasteiger partial charge on any atom is 0.343 e. The monoisotopic (exact) mass is 466 g/mol. The van der Waals surface area contributed by atoms with Crippen LogP contribution in [0.15, 0.2) is 96.6 Å². The number of carbonyl (C=O) groups excluding carboxylic acids is 3. The Bertz CT molecular complexity index is 1470. The van der Waals surface area contributed by atoms with Crippen LogP contribution in [-0.4, -0.2) is 17.8 Å². The van der Waals surface area contributed by atoms with E-state index in [1.54, 1.807) is 48.5 Å². The second kappa shape index (κ2) is 8.61. The van der Waals surface area contributed by atoms with E-state index in [1.165, 1.54) is 6.08 Å². The van der Waals surface area contributed by atoms with Crippen LogP contribution in [-0.2, 0) is 9.59 Å². The molecule has 0 atom stereocenters. The number of anilines is 2. The molecule has 5 rings (SSSR count). The second-order valence-electron chi connectivity index (χ2n) is 8.01. The Kier molecular flexibility index (Phi) is 5.48. The van der Waals surface area contributed by atoms with E-state index < -0.39 is 17.8 Å². The average Bonchev–Trinajstić information content (AvgIpc) is 2.84. The van der Waals surface area contributed by atoms with Gasteiger partial charge in [0.05, 0.1) is 11.4 Å². The molecule has 1 saturated heterocycles. The Morgan fingerprint density at radius 3 is 2.09 bits per heavy atom. The highest BCUT2D eigenvalue weighted by atomic mass is 35.5. The summed E-state index contributed by atoms with van der Waals surface area (Å²) in [6.07, 6.45) is 1.49. The van der Waals surface area contributed by atoms with E-state index in [0.717, 1.165) is 26.1 Å². The Hall–Kier alpha value is -4.22. The van der Waals surface area contributed by atoms with Crippen LogP contribution in [0, 0.1) is 6.92 Å². The van der Waals surface area contributed by atoms with Crippen molar-refractivity contribution < 1.29 is 14.4 Å². The second-order valence-corrected chi connectivity index (χ2v) is 8.44. The molecule has 0 bridgehead atoms. The van der Waals surface area contributed by atoms with Gasteiger partial charge in [0.2, 0.25) is 0 Å². The van der Waals surface area contributed by atoms with Gasteiger partial charge in [-0.3, -0.25) is 9.59 Å². The molecule has 0 unspecified atom stereocenters. The molecule has 1 aliphatic rings. The molecule has 1 heterocycles. The number of benzene rings is 4. The fourth-order valence-corrected chi connectivity index (χ4v) is 4.12. The Morgan fingerprint density at radius 1 is 0.706 bits per heavy atom. The highest BCUT2D eigenvalue weighted by Crippen LogP contribution is 2.34. The van der Waals surface area contributed by atoms with Crippen LogP contribution in [0.5, 0.6) is 0 Å². The number of urea groups is 1. The lowest BCUT2D eigenvalue weighted by atomic mass is 10.0. The summed E-state index contributed by atoms with van der Waals surface area (Å²) in [5.74, 6) is -1.35. The van der Waals surface area contributed by atoms with E-state index in [-0.39, 0.29) is 5.57 Å². The van der Waals surface area contributed by atoms with Gasteiger partial charge in [0.25, 0.3) is 11.8 Å². The quantitative estimate of drug-likeness (QED) is 0.260. The smallest absolute Gasteiger partial charge is 0.268 e. The van der Waals surface area contributed by atoms with Gasteiger partial charge in [-0.05, 0) is 54.3 Å². The fraction of sp³-hybridized carbons (Fsp3) is 0.0357. The SMILES string of the molecule is Cc1ccc(N2C(=O)/C(=C\c3ccc(Cl)cc3)C(=O)N(c3cccc4ccccc34)C2=O)cc1. The van der Waals surface area contributed by atoms with Gasteiger partial charge in [-0.15, -0.1) is 0 Å². The zero-order valence-corrected chi connectivity index (χ0v) is 19.0. The van der Waals surface area contributed by atoms with Crippen LogP contribution >= 0.6 is 11.6 Å². The molecule has 4 amide bonds. The van der Waals surface area contributed by atoms with E-state index in [2.05, 4.69) is 0 Å². The molecule has 166 valence electrons. The Labute approximate surface area is 201 Å². The predicted octanol–water partition coefficient (Wildman–Crippen LogP) is 6.39. The van der Waals surface area contributed by atoms with Crippen LogP contribution in [0.2, 0.25) is 5.02 Å². The topological polar surface area (TPSA) is 57.7 Å². The van der Waals surface area contributed by atoms with Gasteiger partial charge in [0, 0.05) is 10.4 Å². The summed E-state index contributed by atoms with van der Waals surface area (Å²) in [5, 5.41) is 2.15. The third-order valence-corrected chi connectivity index (χ3v) is 5.98. The average molecular weight is 467 g/mol. The third kappa shape index (κ3) is 3.76. The number of hydrogen-bond donors (Lipinski definition) is 0. The number of hydrogen-bond acceptors (Lipinski definition) is 3. The van der Waals surface area contributed by atoms with E-state index in [1.807, 2.05) is 49.4 Å². The molecule has 0 spiro atoms. The summed E-state index contributed by atoms with van der Waals surface area (Å²) in [6, 6.07) is 26.0. The lowest BCUT2D eigenvalue weighted by Crippen LogP contribution is -2.57. The molecule has 0 saturated carbocycles. The highest BCUT2D eigenvalue weighted by molar-refractivity contribution is 6.46. The molecule has 0 aromatic heterocycles. The largest absolute Gasteiger partial charge is 0.343 e. The number of carbonyl (C=O) groups is 3. The van der Waals surface area contributed by atoms with Gasteiger partial charge in [-0.2, -0.15) is 0 Å². The third-order valence-electron chi connectivity index (χ3n) is 5.73. The summed E-state index contributed by atoms with van der Waals surface area (Å²) in [5.41, 5.74) is 2.30. The summed E-state index contributed by atoms with van der Waals surface area (Å²) >= 11 is 5.99. The van der Waals surface area contributed by atoms with Gasteiger partial charge in [-0.1, -0.05) is 77.8 Å². The number of amides is 4. The maximum atomic E-state index is 13.7. The summed E-state index contributed by atoms with van der Waals surface area (Å²) < 4.78 is 0. The normalized spacial score (nSPS) is 15.5. The van der Waals surface area contributed by atoms with Crippen LogP contribution in [0.4, 0.5) is 16.2 Å². The van der Waals surface area contributed by atoms with Crippen LogP contribution in [0.3, 0.4) is 0 Å². The van der Waals surface area contributed by atoms with Gasteiger partial charge < -0.3 is 0 Å². The van der Waals surface area contributed by atoms with Crippen molar-refractivity contribution in [1.82, 2.24) is 0 Å². The van der Waals surface area contributed by atoms with Gasteiger partial charge in [0.15, 0.2) is 0 Å². The zero-order valence-electron chi connectivity index (χ0n) is 18.2. The van der Waals surface area contributed by atoms with E-state index >= 15 is 0 Å². The van der Waals surface area contributed by atoms with Crippen molar-refractivity contribution in [3.05, 3.63) is 113 Å². The molecule has 5 nitrogen and oxygen atoms in total. The van der Waals surface area contributed by atoms with E-state index in [0.29, 0.717) is 22.0 Å². The molecule has 0 N–H and O–H groups in total. The molecular weight excluding hydrogens is 448 g/mol. The van der Waals surface area contributed by atoms with E-state index in [4.69, 9.17) is 11.6 Å². The molecule has 0 radical (unpaired) electrons. The van der Waals surface area contributed by atoms with Crippen LogP contribution < -0.4 is 9.80 Å². The molecule has 34 heavy (non-hydrogen) atoms. The zero-order chi connectivity index (χ0) is 23.8. The number of imide groups is 2. The van der Waals surface area contributed by atoms with Gasteiger partial charge >= 0.3 is 6.03 Å². The minimum Gasteiger partial charge on any atom is -0.268 e. The van der Waals surface area contributed by atoms with Crippen molar-refractivity contribution >= 4 is 57.7 Å². The number of fused-ring (bicyclic) bond motifs is 1. The minimum absolute atomic E-state index is 0.115. The molecule has 4 aromatic rings. The molecule has 4 aromatic carbocycles. The van der Waals surface area contributed by atoms with Crippen molar-refractivity contribution in [3.8, 4) is 0 Å². The van der Waals surface area contributed by atoms with Crippen molar-refractivity contribution in [2.75, 3.05) is 9.80 Å². The number of aryl methyl sites for hydroxylation is 1. The highest BCUT2D eigenvalue weighted by Gasteiger charge is 2.44. The predicted molar refractivity (Wildman–Crippen MR) is 135 cm³/mol. The molecular formula is C28H19ClN2O3. The van der Waals surface area contributed by atoms with Crippen molar-refractivity contribution in [3.63, 3.8) is 0 Å². The van der Waals surface area contributed by atoms with Gasteiger partial charge in [-0.25, -0.2) is 14.6 Å². The summed E-state index contributed by atoms with van der Waals surface area (Å²) in [4.78, 5) is 43.0. The van der Waals surface area contributed by atoms with Crippen molar-refractivity contribution in [2.45, 2.75) is 6.92 Å². The molecule has 1 aliphatic heterocycles. The lowest BCUT2D eigenvalue weighted by Gasteiger charge is -2.34. The lowest BCUT2D eigenvalue weighted by molar-refractivity contribution is -0.121. The van der Waals surface area contributed by atoms with Gasteiger partial charge in [0.1, 0.15) is 5.57 Å². The minimum atomic E-state index is -0.719. The standard InChI is InChI=1S/C28H19ClN2O3/c1-18-9-15-22(16-10-18)30-26(32)24(17-19-11-13-21(29)14-12-19)27(33)31(28(30)34)25-8-4-6-20-5-2-3-7-23(20)25/h2-17H,1H3/b24-17+. The first kappa shape index (κ1) is 21.6. The summed E-state index contributed by atoms with van der Waals surface area (Å²) in [7, 11) is 0. The number of barbiturate groups is 1. The molecule has 1 fully saturated rings. The number of nitrogens with zero attached hydrogens (tertiary/aromatic N) is 2. The molecule has 6 heteroatoms. The number of rotatable bonds is 3. The van der Waals surface area contributed by atoms with Crippen LogP contribution in [0.1, 0.15) is 11.1 Å². The Morgan fingerprint density at radius 2 is 1.35 bits per heavy atom. The first-order chi connectivity index (χ1) is 16.4. The Balaban J connectivity index is 1.71. The van der Waals surface area contributed by atoms with Crippen LogP contribution in [0.25, 0.3) is 16.8 Å². The molecule has 0 aliphatic carbocycles. The first-order valence-corrected chi connectivity index (χ1v) is 11.1. The van der Waals surface area contributed by atoms with E-state index in [9.17, 15) is 14.4 Å². The van der Waals surface area contributed by atoms with Crippen molar-refractivity contribution in [1.29, 1.82) is 0 Å². The van der Waals surface area contributed by atoms with Crippen molar-refractivity contribution in [2.24, 2.45) is 0 Å².